The lowest BCUT2D eigenvalue weighted by Gasteiger charge is -2.21. The first kappa shape index (κ1) is 20.7. The number of methoxy groups -OCH3 is 3. The molecule has 3 rings (SSSR count). The number of hydrogen-bond acceptors (Lipinski definition) is 5. The maximum atomic E-state index is 12.9. The number of rotatable bonds is 8. The van der Waals surface area contributed by atoms with E-state index in [4.69, 9.17) is 26.4 Å². The molecule has 2 atom stereocenters. The Morgan fingerprint density at radius 1 is 1.21 bits per heavy atom. The maximum Gasteiger partial charge on any atom is 0.225 e. The van der Waals surface area contributed by atoms with Crippen LogP contribution in [0.25, 0.3) is 0 Å². The molecule has 8 heteroatoms. The first-order chi connectivity index (χ1) is 13.6. The zero-order valence-electron chi connectivity index (χ0n) is 16.7. The van der Waals surface area contributed by atoms with E-state index in [1.807, 2.05) is 18.2 Å². The van der Waals surface area contributed by atoms with Gasteiger partial charge in [0.25, 0.3) is 0 Å². The first-order valence-electron chi connectivity index (χ1n) is 9.61. The number of thiocarbonyl (C=S) groups is 1. The molecule has 1 aliphatic heterocycles. The summed E-state index contributed by atoms with van der Waals surface area (Å²) in [6, 6.07) is 6.19. The van der Waals surface area contributed by atoms with E-state index in [1.165, 1.54) is 0 Å². The van der Waals surface area contributed by atoms with Gasteiger partial charge in [-0.15, -0.1) is 0 Å². The molecule has 0 spiro atoms. The normalized spacial score (nSPS) is 21.3. The highest BCUT2D eigenvalue weighted by Gasteiger charge is 2.41. The highest BCUT2D eigenvalue weighted by atomic mass is 32.1. The lowest BCUT2D eigenvalue weighted by atomic mass is 9.87. The lowest BCUT2D eigenvalue weighted by molar-refractivity contribution is -0.125. The van der Waals surface area contributed by atoms with Gasteiger partial charge >= 0.3 is 0 Å². The molecule has 1 aliphatic carbocycles. The Morgan fingerprint density at radius 3 is 2.64 bits per heavy atom. The van der Waals surface area contributed by atoms with E-state index in [1.54, 1.807) is 21.3 Å². The summed E-state index contributed by atoms with van der Waals surface area (Å²) < 4.78 is 16.0. The average molecular weight is 408 g/mol. The predicted octanol–water partition coefficient (Wildman–Crippen LogP) is 1.52. The van der Waals surface area contributed by atoms with Gasteiger partial charge in [-0.05, 0) is 43.3 Å². The fourth-order valence-corrected chi connectivity index (χ4v) is 3.90. The Morgan fingerprint density at radius 2 is 2.00 bits per heavy atom. The number of carbonyl (C=O) groups is 1. The van der Waals surface area contributed by atoms with Crippen molar-refractivity contribution >= 4 is 23.2 Å². The molecule has 154 valence electrons. The number of nitrogens with one attached hydrogen (secondary N) is 2. The number of ether oxygens (including phenoxy) is 3. The van der Waals surface area contributed by atoms with Gasteiger partial charge in [0.05, 0.1) is 26.7 Å². The van der Waals surface area contributed by atoms with E-state index in [0.717, 1.165) is 35.0 Å². The van der Waals surface area contributed by atoms with Crippen molar-refractivity contribution in [3.63, 3.8) is 0 Å². The molecule has 1 aromatic carbocycles. The van der Waals surface area contributed by atoms with Crippen LogP contribution in [0, 0.1) is 5.92 Å². The van der Waals surface area contributed by atoms with Crippen molar-refractivity contribution in [2.45, 2.75) is 24.8 Å². The minimum Gasteiger partial charge on any atom is -0.497 e. The smallest absolute Gasteiger partial charge is 0.225 e. The van der Waals surface area contributed by atoms with Gasteiger partial charge in [-0.2, -0.15) is 0 Å². The van der Waals surface area contributed by atoms with Crippen molar-refractivity contribution in [2.24, 2.45) is 5.92 Å². The molecule has 2 aliphatic rings. The van der Waals surface area contributed by atoms with E-state index < -0.39 is 0 Å². The summed E-state index contributed by atoms with van der Waals surface area (Å²) in [6.45, 7) is 2.20. The summed E-state index contributed by atoms with van der Waals surface area (Å²) in [5, 5.41) is 7.08. The number of likely N-dealkylation sites (tertiary alicyclic amines) is 1. The number of hydrogen-bond donors (Lipinski definition) is 2. The van der Waals surface area contributed by atoms with Crippen LogP contribution in [-0.4, -0.2) is 69.5 Å². The molecule has 0 aromatic heterocycles. The van der Waals surface area contributed by atoms with Crippen molar-refractivity contribution in [1.29, 1.82) is 0 Å². The van der Waals surface area contributed by atoms with Crippen LogP contribution in [0.15, 0.2) is 18.2 Å². The molecule has 0 radical (unpaired) electrons. The molecule has 0 bridgehead atoms. The van der Waals surface area contributed by atoms with E-state index in [0.29, 0.717) is 32.3 Å². The number of benzene rings is 1. The van der Waals surface area contributed by atoms with Crippen LogP contribution >= 0.6 is 12.2 Å². The van der Waals surface area contributed by atoms with Crippen LogP contribution in [0.4, 0.5) is 0 Å². The van der Waals surface area contributed by atoms with E-state index in [-0.39, 0.29) is 17.7 Å². The van der Waals surface area contributed by atoms with Crippen LogP contribution in [-0.2, 0) is 9.53 Å². The van der Waals surface area contributed by atoms with Gasteiger partial charge in [0.15, 0.2) is 5.11 Å². The summed E-state index contributed by atoms with van der Waals surface area (Å²) in [5.41, 5.74) is 0.963. The van der Waals surface area contributed by atoms with Gasteiger partial charge in [-0.3, -0.25) is 4.79 Å². The minimum absolute atomic E-state index is 0.00337. The third-order valence-electron chi connectivity index (χ3n) is 5.29. The highest BCUT2D eigenvalue weighted by molar-refractivity contribution is 7.80. The van der Waals surface area contributed by atoms with Crippen molar-refractivity contribution < 1.29 is 19.0 Å². The average Bonchev–Trinajstić information content (AvgIpc) is 3.41. The molecule has 1 saturated carbocycles. The largest absolute Gasteiger partial charge is 0.497 e. The predicted molar refractivity (Wildman–Crippen MR) is 111 cm³/mol. The van der Waals surface area contributed by atoms with Crippen molar-refractivity contribution in [3.05, 3.63) is 23.8 Å². The van der Waals surface area contributed by atoms with Crippen LogP contribution in [0.5, 0.6) is 11.5 Å². The number of amides is 1. The van der Waals surface area contributed by atoms with Crippen molar-refractivity contribution in [1.82, 2.24) is 15.5 Å². The maximum absolute atomic E-state index is 12.9. The molecular weight excluding hydrogens is 378 g/mol. The van der Waals surface area contributed by atoms with Crippen LogP contribution in [0.2, 0.25) is 0 Å². The van der Waals surface area contributed by atoms with Crippen LogP contribution in [0.3, 0.4) is 0 Å². The van der Waals surface area contributed by atoms with Gasteiger partial charge in [0.1, 0.15) is 11.5 Å². The number of nitrogens with zero attached hydrogens (tertiary/aromatic N) is 1. The molecular formula is C20H29N3O4S. The first-order valence-corrected chi connectivity index (χ1v) is 10.0. The van der Waals surface area contributed by atoms with Gasteiger partial charge in [-0.25, -0.2) is 0 Å². The Balaban J connectivity index is 1.83. The molecule has 2 N–H and O–H groups in total. The second-order valence-corrected chi connectivity index (χ2v) is 7.62. The SMILES string of the molecule is COCCNC(=O)C1CN(C(=S)NC2CC2)CC1c1cc(OC)ccc1OC. The minimum atomic E-state index is -0.239. The zero-order chi connectivity index (χ0) is 20.1. The van der Waals surface area contributed by atoms with Gasteiger partial charge in [0.2, 0.25) is 5.91 Å². The van der Waals surface area contributed by atoms with E-state index in [2.05, 4.69) is 15.5 Å². The molecule has 1 saturated heterocycles. The standard InChI is InChI=1S/C20H29N3O4S/c1-25-9-8-21-19(24)17-12-23(20(28)22-13-4-5-13)11-16(17)15-10-14(26-2)6-7-18(15)27-3/h6-7,10,13,16-17H,4-5,8-9,11-12H2,1-3H3,(H,21,24)(H,22,28). The molecule has 1 amide bonds. The zero-order valence-corrected chi connectivity index (χ0v) is 17.5. The summed E-state index contributed by atoms with van der Waals surface area (Å²) in [4.78, 5) is 15.0. The summed E-state index contributed by atoms with van der Waals surface area (Å²) in [5.74, 6) is 1.21. The fourth-order valence-electron chi connectivity index (χ4n) is 3.58. The monoisotopic (exact) mass is 407 g/mol. The van der Waals surface area contributed by atoms with E-state index >= 15 is 0 Å². The second kappa shape index (κ2) is 9.43. The second-order valence-electron chi connectivity index (χ2n) is 7.23. The summed E-state index contributed by atoms with van der Waals surface area (Å²) >= 11 is 5.60. The number of carbonyl (C=O) groups excluding carboxylic acids is 1. The molecule has 1 heterocycles. The van der Waals surface area contributed by atoms with Crippen LogP contribution < -0.4 is 20.1 Å². The molecule has 28 heavy (non-hydrogen) atoms. The molecule has 7 nitrogen and oxygen atoms in total. The highest BCUT2D eigenvalue weighted by Crippen LogP contribution is 2.39. The molecule has 2 fully saturated rings. The summed E-state index contributed by atoms with van der Waals surface area (Å²) in [6.07, 6.45) is 2.31. The Hall–Kier alpha value is -2.06. The topological polar surface area (TPSA) is 72.1 Å². The third-order valence-corrected chi connectivity index (χ3v) is 5.67. The fraction of sp³-hybridized carbons (Fsp3) is 0.600. The quantitative estimate of drug-likeness (QED) is 0.500. The van der Waals surface area contributed by atoms with Crippen LogP contribution in [0.1, 0.15) is 24.3 Å². The third kappa shape index (κ3) is 4.86. The summed E-state index contributed by atoms with van der Waals surface area (Å²) in [7, 11) is 4.90. The Bertz CT molecular complexity index is 711. The van der Waals surface area contributed by atoms with Crippen molar-refractivity contribution in [2.75, 3.05) is 47.6 Å². The molecule has 1 aromatic rings. The Labute approximate surface area is 171 Å². The van der Waals surface area contributed by atoms with Crippen molar-refractivity contribution in [3.8, 4) is 11.5 Å². The Kier molecular flexibility index (Phi) is 6.96. The van der Waals surface area contributed by atoms with Gasteiger partial charge in [-0.1, -0.05) is 0 Å². The lowest BCUT2D eigenvalue weighted by Crippen LogP contribution is -2.41. The van der Waals surface area contributed by atoms with Gasteiger partial charge in [0, 0.05) is 44.3 Å². The van der Waals surface area contributed by atoms with E-state index in [9.17, 15) is 4.79 Å². The van der Waals surface area contributed by atoms with Gasteiger partial charge < -0.3 is 29.7 Å². The molecule has 2 unspecified atom stereocenters.